The summed E-state index contributed by atoms with van der Waals surface area (Å²) in [6.45, 7) is 3.13. The zero-order valence-corrected chi connectivity index (χ0v) is 17.2. The summed E-state index contributed by atoms with van der Waals surface area (Å²) in [5.41, 5.74) is 1.03. The van der Waals surface area contributed by atoms with E-state index in [9.17, 15) is 13.2 Å². The lowest BCUT2D eigenvalue weighted by atomic mass is 9.99. The summed E-state index contributed by atoms with van der Waals surface area (Å²) in [4.78, 5) is 12.5. The van der Waals surface area contributed by atoms with Gasteiger partial charge in [0.1, 0.15) is 0 Å². The van der Waals surface area contributed by atoms with E-state index < -0.39 is 10.0 Å². The van der Waals surface area contributed by atoms with Gasteiger partial charge in [-0.15, -0.1) is 0 Å². The molecule has 0 unspecified atom stereocenters. The van der Waals surface area contributed by atoms with E-state index in [4.69, 9.17) is 9.47 Å². The molecule has 0 bridgehead atoms. The molecule has 1 heterocycles. The standard InChI is InChI=1S/C19H30N2O5S/c1-4-12-27(23,24)21-11-5-6-16(14-21)19(22)20-10-9-15-7-8-17(25-2)18(13-15)26-3/h7-8,13,16H,4-6,9-12,14H2,1-3H3,(H,20,22)/t16-/m0/s1. The summed E-state index contributed by atoms with van der Waals surface area (Å²) < 4.78 is 36.5. The van der Waals surface area contributed by atoms with Gasteiger partial charge in [-0.3, -0.25) is 4.79 Å². The van der Waals surface area contributed by atoms with Crippen LogP contribution in [0.1, 0.15) is 31.7 Å². The maximum Gasteiger partial charge on any atom is 0.224 e. The minimum atomic E-state index is -3.25. The Bertz CT molecular complexity index is 736. The zero-order chi connectivity index (χ0) is 19.9. The molecule has 0 aliphatic carbocycles. The molecule has 0 spiro atoms. The van der Waals surface area contributed by atoms with E-state index in [1.165, 1.54) is 4.31 Å². The number of hydrogen-bond acceptors (Lipinski definition) is 5. The lowest BCUT2D eigenvalue weighted by Crippen LogP contribution is -2.46. The Labute approximate surface area is 162 Å². The molecule has 8 heteroatoms. The van der Waals surface area contributed by atoms with Crippen LogP contribution in [0.15, 0.2) is 18.2 Å². The van der Waals surface area contributed by atoms with Crippen molar-refractivity contribution in [2.75, 3.05) is 39.6 Å². The molecular formula is C19H30N2O5S. The van der Waals surface area contributed by atoms with E-state index in [1.807, 2.05) is 25.1 Å². The van der Waals surface area contributed by atoms with Crippen molar-refractivity contribution in [1.82, 2.24) is 9.62 Å². The lowest BCUT2D eigenvalue weighted by Gasteiger charge is -2.31. The number of sulfonamides is 1. The van der Waals surface area contributed by atoms with Crippen molar-refractivity contribution in [1.29, 1.82) is 0 Å². The van der Waals surface area contributed by atoms with Gasteiger partial charge in [-0.1, -0.05) is 13.0 Å². The molecule has 1 aromatic rings. The molecule has 1 aromatic carbocycles. The number of rotatable bonds is 9. The minimum absolute atomic E-state index is 0.0770. The zero-order valence-electron chi connectivity index (χ0n) is 16.4. The fourth-order valence-electron chi connectivity index (χ4n) is 3.31. The minimum Gasteiger partial charge on any atom is -0.493 e. The molecule has 1 saturated heterocycles. The first-order chi connectivity index (χ1) is 12.9. The number of carbonyl (C=O) groups is 1. The highest BCUT2D eigenvalue weighted by atomic mass is 32.2. The number of piperidine rings is 1. The highest BCUT2D eigenvalue weighted by Gasteiger charge is 2.31. The summed E-state index contributed by atoms with van der Waals surface area (Å²) in [5, 5.41) is 2.94. The normalized spacial score (nSPS) is 18.1. The Morgan fingerprint density at radius 2 is 2.00 bits per heavy atom. The van der Waals surface area contributed by atoms with Crippen LogP contribution in [0.4, 0.5) is 0 Å². The maximum atomic E-state index is 12.5. The molecular weight excluding hydrogens is 368 g/mol. The Hall–Kier alpha value is -1.80. The molecule has 2 rings (SSSR count). The summed E-state index contributed by atoms with van der Waals surface area (Å²) in [6, 6.07) is 5.67. The first kappa shape index (κ1) is 21.5. The number of hydrogen-bond donors (Lipinski definition) is 1. The molecule has 1 N–H and O–H groups in total. The quantitative estimate of drug-likeness (QED) is 0.686. The largest absolute Gasteiger partial charge is 0.493 e. The number of ether oxygens (including phenoxy) is 2. The summed E-state index contributed by atoms with van der Waals surface area (Å²) in [7, 11) is -0.0728. The predicted molar refractivity (Wildman–Crippen MR) is 105 cm³/mol. The summed E-state index contributed by atoms with van der Waals surface area (Å²) >= 11 is 0. The third-order valence-electron chi connectivity index (χ3n) is 4.77. The molecule has 1 aliphatic heterocycles. The molecule has 0 radical (unpaired) electrons. The van der Waals surface area contributed by atoms with E-state index in [1.54, 1.807) is 14.2 Å². The van der Waals surface area contributed by atoms with Gasteiger partial charge in [-0.2, -0.15) is 0 Å². The SMILES string of the molecule is CCCS(=O)(=O)N1CCC[C@H](C(=O)NCCc2ccc(OC)c(OC)c2)C1. The maximum absolute atomic E-state index is 12.5. The van der Waals surface area contributed by atoms with E-state index in [0.717, 1.165) is 18.4 Å². The third kappa shape index (κ3) is 5.84. The second kappa shape index (κ2) is 9.94. The third-order valence-corrected chi connectivity index (χ3v) is 6.81. The van der Waals surface area contributed by atoms with Crippen LogP contribution in [0.3, 0.4) is 0 Å². The topological polar surface area (TPSA) is 84.9 Å². The van der Waals surface area contributed by atoms with Crippen molar-refractivity contribution in [3.8, 4) is 11.5 Å². The lowest BCUT2D eigenvalue weighted by molar-refractivity contribution is -0.126. The van der Waals surface area contributed by atoms with Crippen LogP contribution in [0.25, 0.3) is 0 Å². The highest BCUT2D eigenvalue weighted by molar-refractivity contribution is 7.89. The average Bonchev–Trinajstić information content (AvgIpc) is 2.67. The van der Waals surface area contributed by atoms with E-state index in [2.05, 4.69) is 5.32 Å². The van der Waals surface area contributed by atoms with Crippen LogP contribution in [-0.4, -0.2) is 58.2 Å². The van der Waals surface area contributed by atoms with Gasteiger partial charge in [-0.05, 0) is 43.4 Å². The second-order valence-corrected chi connectivity index (χ2v) is 8.83. The Morgan fingerprint density at radius 1 is 1.26 bits per heavy atom. The van der Waals surface area contributed by atoms with Gasteiger partial charge in [0.05, 0.1) is 25.9 Å². The molecule has 0 aromatic heterocycles. The van der Waals surface area contributed by atoms with Crippen LogP contribution in [0.5, 0.6) is 11.5 Å². The van der Waals surface area contributed by atoms with Crippen LogP contribution < -0.4 is 14.8 Å². The molecule has 1 fully saturated rings. The first-order valence-electron chi connectivity index (χ1n) is 9.37. The number of carbonyl (C=O) groups excluding carboxylic acids is 1. The molecule has 1 aliphatic rings. The van der Waals surface area contributed by atoms with Crippen LogP contribution in [-0.2, 0) is 21.2 Å². The van der Waals surface area contributed by atoms with Crippen molar-refractivity contribution in [2.45, 2.75) is 32.6 Å². The van der Waals surface area contributed by atoms with Gasteiger partial charge in [0.25, 0.3) is 0 Å². The van der Waals surface area contributed by atoms with Crippen LogP contribution in [0.2, 0.25) is 0 Å². The van der Waals surface area contributed by atoms with Crippen molar-refractivity contribution in [3.63, 3.8) is 0 Å². The smallest absolute Gasteiger partial charge is 0.224 e. The first-order valence-corrected chi connectivity index (χ1v) is 11.0. The van der Waals surface area contributed by atoms with Crippen LogP contribution >= 0.6 is 0 Å². The highest BCUT2D eigenvalue weighted by Crippen LogP contribution is 2.27. The number of benzene rings is 1. The van der Waals surface area contributed by atoms with E-state index in [-0.39, 0.29) is 24.1 Å². The predicted octanol–water partition coefficient (Wildman–Crippen LogP) is 1.81. The number of nitrogens with one attached hydrogen (secondary N) is 1. The van der Waals surface area contributed by atoms with Crippen LogP contribution in [0, 0.1) is 5.92 Å². The Kier molecular flexibility index (Phi) is 7.91. The van der Waals surface area contributed by atoms with Gasteiger partial charge < -0.3 is 14.8 Å². The average molecular weight is 399 g/mol. The summed E-state index contributed by atoms with van der Waals surface area (Å²) in [5.74, 6) is 1.11. The fraction of sp³-hybridized carbons (Fsp3) is 0.632. The van der Waals surface area contributed by atoms with E-state index >= 15 is 0 Å². The van der Waals surface area contributed by atoms with Crippen molar-refractivity contribution >= 4 is 15.9 Å². The molecule has 27 heavy (non-hydrogen) atoms. The summed E-state index contributed by atoms with van der Waals surface area (Å²) in [6.07, 6.45) is 2.69. The molecule has 1 amide bonds. The van der Waals surface area contributed by atoms with Crippen molar-refractivity contribution < 1.29 is 22.7 Å². The van der Waals surface area contributed by atoms with Gasteiger partial charge in [0, 0.05) is 19.6 Å². The fourth-order valence-corrected chi connectivity index (χ4v) is 4.90. The van der Waals surface area contributed by atoms with Gasteiger partial charge in [-0.25, -0.2) is 12.7 Å². The molecule has 152 valence electrons. The molecule has 0 saturated carbocycles. The van der Waals surface area contributed by atoms with Gasteiger partial charge in [0.2, 0.25) is 15.9 Å². The Morgan fingerprint density at radius 3 is 2.67 bits per heavy atom. The van der Waals surface area contributed by atoms with Gasteiger partial charge in [0.15, 0.2) is 11.5 Å². The van der Waals surface area contributed by atoms with Gasteiger partial charge >= 0.3 is 0 Å². The second-order valence-electron chi connectivity index (χ2n) is 6.74. The molecule has 7 nitrogen and oxygen atoms in total. The molecule has 1 atom stereocenters. The van der Waals surface area contributed by atoms with Crippen molar-refractivity contribution in [2.24, 2.45) is 5.92 Å². The van der Waals surface area contributed by atoms with E-state index in [0.29, 0.717) is 37.4 Å². The number of amides is 1. The Balaban J connectivity index is 1.87. The number of nitrogens with zero attached hydrogens (tertiary/aromatic N) is 1. The monoisotopic (exact) mass is 398 g/mol. The number of methoxy groups -OCH3 is 2. The van der Waals surface area contributed by atoms with Crippen molar-refractivity contribution in [3.05, 3.63) is 23.8 Å².